The number of nitrogens with zero attached hydrogens (tertiary/aromatic N) is 1. The van der Waals surface area contributed by atoms with Crippen LogP contribution in [0.25, 0.3) is 0 Å². The van der Waals surface area contributed by atoms with Gasteiger partial charge in [-0.3, -0.25) is 9.59 Å². The van der Waals surface area contributed by atoms with E-state index in [0.717, 1.165) is 30.0 Å². The fourth-order valence-electron chi connectivity index (χ4n) is 3.69. The second-order valence-electron chi connectivity index (χ2n) is 7.34. The van der Waals surface area contributed by atoms with Crippen LogP contribution in [-0.4, -0.2) is 56.4 Å². The largest absolute Gasteiger partial charge is 0.376 e. The molecule has 2 fully saturated rings. The number of fused-ring (bicyclic) bond motifs is 1. The maximum absolute atomic E-state index is 12.9. The number of hydrogen-bond donors (Lipinski definition) is 2. The third-order valence-electron chi connectivity index (χ3n) is 5.42. The van der Waals surface area contributed by atoms with Crippen LogP contribution in [0.15, 0.2) is 23.1 Å². The van der Waals surface area contributed by atoms with Crippen molar-refractivity contribution in [2.24, 2.45) is 11.7 Å². The van der Waals surface area contributed by atoms with Crippen LogP contribution in [-0.2, 0) is 14.8 Å². The lowest BCUT2D eigenvalue weighted by molar-refractivity contribution is 0.0707. The van der Waals surface area contributed by atoms with E-state index in [9.17, 15) is 18.0 Å². The van der Waals surface area contributed by atoms with Gasteiger partial charge in [-0.15, -0.1) is 12.4 Å². The summed E-state index contributed by atoms with van der Waals surface area (Å²) in [5.41, 5.74) is 6.02. The van der Waals surface area contributed by atoms with Crippen molar-refractivity contribution >= 4 is 34.2 Å². The number of carbonyl (C=O) groups is 2. The summed E-state index contributed by atoms with van der Waals surface area (Å²) in [7, 11) is -3.98. The van der Waals surface area contributed by atoms with Crippen molar-refractivity contribution in [1.29, 1.82) is 0 Å². The van der Waals surface area contributed by atoms with E-state index in [2.05, 4.69) is 5.32 Å². The van der Waals surface area contributed by atoms with Crippen LogP contribution in [0.1, 0.15) is 46.4 Å². The highest BCUT2D eigenvalue weighted by Gasteiger charge is 2.43. The predicted octanol–water partition coefficient (Wildman–Crippen LogP) is 0.899. The third kappa shape index (κ3) is 3.76. The number of ether oxygens (including phenoxy) is 1. The van der Waals surface area contributed by atoms with Crippen LogP contribution in [0.3, 0.4) is 0 Å². The second kappa shape index (κ2) is 7.98. The lowest BCUT2D eigenvalue weighted by Gasteiger charge is -2.18. The molecule has 0 spiro atoms. The molecule has 10 heteroatoms. The SMILES string of the molecule is Cl.NCC(NC(=O)c1ccc2c(c1)S(=O)(=O)N(CC1CCCO1)C2=O)C1CC1. The molecular formula is C18H24ClN3O5S. The molecule has 2 heterocycles. The third-order valence-corrected chi connectivity index (χ3v) is 7.21. The molecule has 2 amide bonds. The van der Waals surface area contributed by atoms with E-state index >= 15 is 0 Å². The highest BCUT2D eigenvalue weighted by Crippen LogP contribution is 2.34. The maximum atomic E-state index is 12.9. The van der Waals surface area contributed by atoms with Gasteiger partial charge in [-0.2, -0.15) is 0 Å². The fraction of sp³-hybridized carbons (Fsp3) is 0.556. The molecule has 2 aliphatic heterocycles. The van der Waals surface area contributed by atoms with Crippen LogP contribution in [0.5, 0.6) is 0 Å². The summed E-state index contributed by atoms with van der Waals surface area (Å²) in [6, 6.07) is 4.07. The molecule has 1 saturated heterocycles. The summed E-state index contributed by atoms with van der Waals surface area (Å²) >= 11 is 0. The van der Waals surface area contributed by atoms with Crippen molar-refractivity contribution in [3.63, 3.8) is 0 Å². The van der Waals surface area contributed by atoms with E-state index in [1.165, 1.54) is 18.2 Å². The molecule has 3 aliphatic rings. The summed E-state index contributed by atoms with van der Waals surface area (Å²) in [4.78, 5) is 25.0. The minimum absolute atomic E-state index is 0. The minimum atomic E-state index is -3.98. The Morgan fingerprint density at radius 3 is 2.68 bits per heavy atom. The number of nitrogens with two attached hydrogens (primary N) is 1. The van der Waals surface area contributed by atoms with Crippen molar-refractivity contribution < 1.29 is 22.7 Å². The molecule has 154 valence electrons. The highest BCUT2D eigenvalue weighted by molar-refractivity contribution is 7.90. The van der Waals surface area contributed by atoms with Gasteiger partial charge in [-0.25, -0.2) is 12.7 Å². The van der Waals surface area contributed by atoms with Gasteiger partial charge >= 0.3 is 0 Å². The summed E-state index contributed by atoms with van der Waals surface area (Å²) in [5.74, 6) is -0.550. The monoisotopic (exact) mass is 429 g/mol. The summed E-state index contributed by atoms with van der Waals surface area (Å²) in [5, 5.41) is 2.87. The molecule has 1 aromatic rings. The van der Waals surface area contributed by atoms with Gasteiger partial charge in [0.1, 0.15) is 4.90 Å². The van der Waals surface area contributed by atoms with Crippen molar-refractivity contribution in [3.05, 3.63) is 29.3 Å². The van der Waals surface area contributed by atoms with Gasteiger partial charge in [0.05, 0.1) is 18.2 Å². The predicted molar refractivity (Wildman–Crippen MR) is 104 cm³/mol. The van der Waals surface area contributed by atoms with Crippen LogP contribution >= 0.6 is 12.4 Å². The molecule has 0 aromatic heterocycles. The molecule has 2 atom stereocenters. The summed E-state index contributed by atoms with van der Waals surface area (Å²) in [6.45, 7) is 0.926. The number of hydrogen-bond acceptors (Lipinski definition) is 6. The topological polar surface area (TPSA) is 119 Å². The average molecular weight is 430 g/mol. The number of carbonyl (C=O) groups excluding carboxylic acids is 2. The fourth-order valence-corrected chi connectivity index (χ4v) is 5.32. The Morgan fingerprint density at radius 2 is 2.07 bits per heavy atom. The van der Waals surface area contributed by atoms with E-state index in [0.29, 0.717) is 19.1 Å². The lowest BCUT2D eigenvalue weighted by atomic mass is 10.1. The molecule has 1 aliphatic carbocycles. The second-order valence-corrected chi connectivity index (χ2v) is 9.17. The number of halogens is 1. The number of rotatable bonds is 6. The first-order valence-electron chi connectivity index (χ1n) is 9.25. The molecule has 4 rings (SSSR count). The zero-order chi connectivity index (χ0) is 19.2. The maximum Gasteiger partial charge on any atom is 0.269 e. The number of amides is 2. The van der Waals surface area contributed by atoms with E-state index in [1.54, 1.807) is 0 Å². The zero-order valence-electron chi connectivity index (χ0n) is 15.3. The average Bonchev–Trinajstić information content (AvgIpc) is 3.33. The van der Waals surface area contributed by atoms with Gasteiger partial charge in [-0.1, -0.05) is 0 Å². The standard InChI is InChI=1S/C18H23N3O5S.ClH/c19-9-15(11-3-4-11)20-17(22)12-5-6-14-16(8-12)27(24,25)21(18(14)23)10-13-2-1-7-26-13;/h5-6,8,11,13,15H,1-4,7,9-10,19H2,(H,20,22);1H. The Balaban J connectivity index is 0.00000225. The normalized spacial score (nSPS) is 23.8. The number of nitrogens with one attached hydrogen (secondary N) is 1. The smallest absolute Gasteiger partial charge is 0.269 e. The van der Waals surface area contributed by atoms with Gasteiger partial charge in [0.25, 0.3) is 21.8 Å². The van der Waals surface area contributed by atoms with Crippen LogP contribution < -0.4 is 11.1 Å². The van der Waals surface area contributed by atoms with Gasteiger partial charge in [0.2, 0.25) is 0 Å². The van der Waals surface area contributed by atoms with Crippen LogP contribution in [0.2, 0.25) is 0 Å². The van der Waals surface area contributed by atoms with E-state index < -0.39 is 15.9 Å². The van der Waals surface area contributed by atoms with Crippen LogP contribution in [0.4, 0.5) is 0 Å². The number of sulfonamides is 1. The summed E-state index contributed by atoms with van der Waals surface area (Å²) in [6.07, 6.45) is 3.38. The molecule has 1 saturated carbocycles. The number of benzene rings is 1. The molecule has 0 radical (unpaired) electrons. The Hall–Kier alpha value is -1.68. The van der Waals surface area contributed by atoms with Gasteiger partial charge in [0, 0.05) is 24.8 Å². The van der Waals surface area contributed by atoms with Crippen molar-refractivity contribution in [3.8, 4) is 0 Å². The van der Waals surface area contributed by atoms with E-state index in [4.69, 9.17) is 10.5 Å². The summed E-state index contributed by atoms with van der Waals surface area (Å²) < 4.78 is 32.0. The Bertz CT molecular complexity index is 881. The zero-order valence-corrected chi connectivity index (χ0v) is 16.9. The van der Waals surface area contributed by atoms with Gasteiger partial charge in [0.15, 0.2) is 0 Å². The Kier molecular flexibility index (Phi) is 6.00. The minimum Gasteiger partial charge on any atom is -0.376 e. The Labute approximate surface area is 170 Å². The van der Waals surface area contributed by atoms with Crippen LogP contribution in [0, 0.1) is 5.92 Å². The Morgan fingerprint density at radius 1 is 1.32 bits per heavy atom. The van der Waals surface area contributed by atoms with E-state index in [1.807, 2.05) is 0 Å². The van der Waals surface area contributed by atoms with E-state index in [-0.39, 0.29) is 53.0 Å². The van der Waals surface area contributed by atoms with Crippen molar-refractivity contribution in [2.45, 2.75) is 42.7 Å². The van der Waals surface area contributed by atoms with Crippen molar-refractivity contribution in [2.75, 3.05) is 19.7 Å². The molecule has 28 heavy (non-hydrogen) atoms. The lowest BCUT2D eigenvalue weighted by Crippen LogP contribution is -2.41. The quantitative estimate of drug-likeness (QED) is 0.693. The molecule has 8 nitrogen and oxygen atoms in total. The van der Waals surface area contributed by atoms with Crippen molar-refractivity contribution in [1.82, 2.24) is 9.62 Å². The molecule has 2 unspecified atom stereocenters. The highest BCUT2D eigenvalue weighted by atomic mass is 35.5. The van der Waals surface area contributed by atoms with Gasteiger partial charge in [-0.05, 0) is 49.8 Å². The first-order chi connectivity index (χ1) is 12.9. The molecule has 3 N–H and O–H groups in total. The molecular weight excluding hydrogens is 406 g/mol. The molecule has 0 bridgehead atoms. The first-order valence-corrected chi connectivity index (χ1v) is 10.7. The van der Waals surface area contributed by atoms with Gasteiger partial charge < -0.3 is 15.8 Å². The molecule has 1 aromatic carbocycles. The first kappa shape index (κ1) is 21.0.